The van der Waals surface area contributed by atoms with E-state index in [1.165, 1.54) is 27.8 Å². The van der Waals surface area contributed by atoms with Gasteiger partial charge in [0.15, 0.2) is 0 Å². The van der Waals surface area contributed by atoms with E-state index in [9.17, 15) is 0 Å². The van der Waals surface area contributed by atoms with E-state index < -0.39 is 0 Å². The van der Waals surface area contributed by atoms with Crippen LogP contribution in [0.15, 0.2) is 77.3 Å². The summed E-state index contributed by atoms with van der Waals surface area (Å²) in [7, 11) is 0. The normalized spacial score (nSPS) is 10.6. The molecule has 0 N–H and O–H groups in total. The number of hydrogen-bond donors (Lipinski definition) is 0. The zero-order valence-electron chi connectivity index (χ0n) is 12.0. The van der Waals surface area contributed by atoms with Crippen molar-refractivity contribution >= 4 is 15.9 Å². The van der Waals surface area contributed by atoms with Gasteiger partial charge in [0, 0.05) is 4.47 Å². The second-order valence-corrected chi connectivity index (χ2v) is 6.24. The van der Waals surface area contributed by atoms with Gasteiger partial charge in [-0.05, 0) is 47.7 Å². The number of benzene rings is 3. The molecule has 3 aromatic rings. The van der Waals surface area contributed by atoms with Crippen LogP contribution in [0.3, 0.4) is 0 Å². The molecule has 0 aliphatic heterocycles. The predicted molar refractivity (Wildman–Crippen MR) is 93.6 cm³/mol. The first kappa shape index (κ1) is 14.1. The lowest BCUT2D eigenvalue weighted by Gasteiger charge is -2.10. The topological polar surface area (TPSA) is 0 Å². The van der Waals surface area contributed by atoms with Gasteiger partial charge < -0.3 is 0 Å². The average molecular weight is 337 g/mol. The Morgan fingerprint density at radius 3 is 2.14 bits per heavy atom. The van der Waals surface area contributed by atoms with E-state index in [0.717, 1.165) is 10.9 Å². The molecule has 0 heterocycles. The molecule has 1 heteroatoms. The van der Waals surface area contributed by atoms with Crippen LogP contribution in [0.2, 0.25) is 0 Å². The molecule has 0 atom stereocenters. The first-order valence-corrected chi connectivity index (χ1v) is 7.91. The molecular weight excluding hydrogens is 320 g/mol. The summed E-state index contributed by atoms with van der Waals surface area (Å²) in [6, 6.07) is 26.0. The average Bonchev–Trinajstić information content (AvgIpc) is 2.51. The fourth-order valence-electron chi connectivity index (χ4n) is 2.51. The molecule has 3 aromatic carbocycles. The molecule has 0 aromatic heterocycles. The van der Waals surface area contributed by atoms with E-state index in [0.29, 0.717) is 0 Å². The molecule has 104 valence electrons. The molecule has 0 fully saturated rings. The van der Waals surface area contributed by atoms with Crippen LogP contribution >= 0.6 is 15.9 Å². The van der Waals surface area contributed by atoms with Crippen molar-refractivity contribution in [3.05, 3.63) is 94.0 Å². The van der Waals surface area contributed by atoms with E-state index in [1.807, 2.05) is 0 Å². The summed E-state index contributed by atoms with van der Waals surface area (Å²) in [6.45, 7) is 2.12. The number of halogens is 1. The molecule has 0 radical (unpaired) electrons. The van der Waals surface area contributed by atoms with Crippen molar-refractivity contribution in [1.82, 2.24) is 0 Å². The van der Waals surface area contributed by atoms with Crippen molar-refractivity contribution in [1.29, 1.82) is 0 Å². The third-order valence-electron chi connectivity index (χ3n) is 3.69. The molecule has 3 rings (SSSR count). The second-order valence-electron chi connectivity index (χ2n) is 5.33. The van der Waals surface area contributed by atoms with Gasteiger partial charge in [-0.1, -0.05) is 82.2 Å². The Morgan fingerprint density at radius 2 is 1.43 bits per heavy atom. The Kier molecular flexibility index (Phi) is 4.21. The van der Waals surface area contributed by atoms with Crippen molar-refractivity contribution in [3.63, 3.8) is 0 Å². The van der Waals surface area contributed by atoms with Crippen molar-refractivity contribution < 1.29 is 0 Å². The van der Waals surface area contributed by atoms with Crippen molar-refractivity contribution in [3.8, 4) is 11.1 Å². The maximum absolute atomic E-state index is 3.49. The quantitative estimate of drug-likeness (QED) is 0.548. The molecule has 0 saturated heterocycles. The van der Waals surface area contributed by atoms with Gasteiger partial charge in [0.25, 0.3) is 0 Å². The van der Waals surface area contributed by atoms with Gasteiger partial charge in [0.1, 0.15) is 0 Å². The highest BCUT2D eigenvalue weighted by Gasteiger charge is 2.05. The number of rotatable bonds is 3. The number of aryl methyl sites for hydroxylation is 1. The first-order valence-electron chi connectivity index (χ1n) is 7.12. The highest BCUT2D eigenvalue weighted by atomic mass is 79.9. The van der Waals surface area contributed by atoms with Crippen LogP contribution in [0.25, 0.3) is 11.1 Å². The van der Waals surface area contributed by atoms with E-state index in [4.69, 9.17) is 0 Å². The van der Waals surface area contributed by atoms with Gasteiger partial charge >= 0.3 is 0 Å². The van der Waals surface area contributed by atoms with Gasteiger partial charge in [-0.25, -0.2) is 0 Å². The number of hydrogen-bond acceptors (Lipinski definition) is 0. The molecule has 21 heavy (non-hydrogen) atoms. The molecule has 0 unspecified atom stereocenters. The third-order valence-corrected chi connectivity index (χ3v) is 4.22. The summed E-state index contributed by atoms with van der Waals surface area (Å²) in [5, 5.41) is 0. The molecule has 0 bridgehead atoms. The van der Waals surface area contributed by atoms with Crippen LogP contribution in [0.1, 0.15) is 16.7 Å². The minimum atomic E-state index is 0.956. The van der Waals surface area contributed by atoms with E-state index in [2.05, 4.69) is 95.7 Å². The predicted octanol–water partition coefficient (Wildman–Crippen LogP) is 6.02. The van der Waals surface area contributed by atoms with Gasteiger partial charge in [0.05, 0.1) is 0 Å². The summed E-state index contributed by atoms with van der Waals surface area (Å²) >= 11 is 3.49. The largest absolute Gasteiger partial charge is 0.0619 e. The first-order chi connectivity index (χ1) is 10.2. The Hall–Kier alpha value is -1.86. The fourth-order valence-corrected chi connectivity index (χ4v) is 2.78. The van der Waals surface area contributed by atoms with E-state index in [-0.39, 0.29) is 0 Å². The zero-order chi connectivity index (χ0) is 14.7. The molecule has 0 amide bonds. The minimum absolute atomic E-state index is 0.956. The molecule has 0 nitrogen and oxygen atoms in total. The van der Waals surface area contributed by atoms with E-state index in [1.54, 1.807) is 0 Å². The Morgan fingerprint density at radius 1 is 0.762 bits per heavy atom. The lowest BCUT2D eigenvalue weighted by Crippen LogP contribution is -1.92. The van der Waals surface area contributed by atoms with Crippen LogP contribution in [0.5, 0.6) is 0 Å². The summed E-state index contributed by atoms with van der Waals surface area (Å²) < 4.78 is 1.12. The smallest absolute Gasteiger partial charge is 0.0175 e. The van der Waals surface area contributed by atoms with Crippen LogP contribution in [-0.4, -0.2) is 0 Å². The SMILES string of the molecule is Cc1ccc(-c2ccccc2Cc2ccc(Br)cc2)cc1. The summed E-state index contributed by atoms with van der Waals surface area (Å²) in [5.74, 6) is 0. The van der Waals surface area contributed by atoms with Gasteiger partial charge in [-0.2, -0.15) is 0 Å². The van der Waals surface area contributed by atoms with E-state index >= 15 is 0 Å². The molecule has 0 aliphatic carbocycles. The van der Waals surface area contributed by atoms with Crippen LogP contribution in [0, 0.1) is 6.92 Å². The fraction of sp³-hybridized carbons (Fsp3) is 0.100. The maximum Gasteiger partial charge on any atom is 0.0175 e. The Bertz CT molecular complexity index is 725. The Labute approximate surface area is 134 Å². The van der Waals surface area contributed by atoms with Gasteiger partial charge in [-0.3, -0.25) is 0 Å². The molecule has 0 spiro atoms. The summed E-state index contributed by atoms with van der Waals surface area (Å²) in [5.41, 5.74) is 6.60. The van der Waals surface area contributed by atoms with Crippen LogP contribution in [0.4, 0.5) is 0 Å². The van der Waals surface area contributed by atoms with Gasteiger partial charge in [-0.15, -0.1) is 0 Å². The van der Waals surface area contributed by atoms with Crippen molar-refractivity contribution in [2.24, 2.45) is 0 Å². The van der Waals surface area contributed by atoms with Crippen molar-refractivity contribution in [2.75, 3.05) is 0 Å². The standard InChI is InChI=1S/C20H17Br/c1-15-6-10-17(11-7-15)20-5-3-2-4-18(20)14-16-8-12-19(21)13-9-16/h2-13H,14H2,1H3. The van der Waals surface area contributed by atoms with Gasteiger partial charge in [0.2, 0.25) is 0 Å². The summed E-state index contributed by atoms with van der Waals surface area (Å²) in [6.07, 6.45) is 0.956. The molecule has 0 saturated carbocycles. The maximum atomic E-state index is 3.49. The summed E-state index contributed by atoms with van der Waals surface area (Å²) in [4.78, 5) is 0. The van der Waals surface area contributed by atoms with Crippen LogP contribution < -0.4 is 0 Å². The Balaban J connectivity index is 1.96. The minimum Gasteiger partial charge on any atom is -0.0619 e. The highest BCUT2D eigenvalue weighted by molar-refractivity contribution is 9.10. The lowest BCUT2D eigenvalue weighted by atomic mass is 9.94. The monoisotopic (exact) mass is 336 g/mol. The third kappa shape index (κ3) is 3.43. The lowest BCUT2D eigenvalue weighted by molar-refractivity contribution is 1.19. The second kappa shape index (κ2) is 6.28. The molecular formula is C20H17Br. The van der Waals surface area contributed by atoms with Crippen molar-refractivity contribution in [2.45, 2.75) is 13.3 Å². The molecule has 0 aliphatic rings. The van der Waals surface area contributed by atoms with Crippen LogP contribution in [-0.2, 0) is 6.42 Å². The highest BCUT2D eigenvalue weighted by Crippen LogP contribution is 2.26. The zero-order valence-corrected chi connectivity index (χ0v) is 13.6.